The van der Waals surface area contributed by atoms with E-state index in [1.54, 1.807) is 36.4 Å². The zero-order valence-electron chi connectivity index (χ0n) is 19.8. The van der Waals surface area contributed by atoms with E-state index in [4.69, 9.17) is 0 Å². The van der Waals surface area contributed by atoms with E-state index < -0.39 is 29.1 Å². The number of hydrogen-bond acceptors (Lipinski definition) is 4. The summed E-state index contributed by atoms with van der Waals surface area (Å²) >= 11 is 1.18. The van der Waals surface area contributed by atoms with Gasteiger partial charge in [0.05, 0.1) is 11.2 Å². The van der Waals surface area contributed by atoms with E-state index in [-0.39, 0.29) is 22.6 Å². The number of hydrogen-bond donors (Lipinski definition) is 1. The molecule has 3 aromatic carbocycles. The van der Waals surface area contributed by atoms with Gasteiger partial charge in [0.2, 0.25) is 0 Å². The van der Waals surface area contributed by atoms with E-state index in [9.17, 15) is 36.2 Å². The van der Waals surface area contributed by atoms with Gasteiger partial charge >= 0.3 is 12.4 Å². The van der Waals surface area contributed by atoms with Crippen LogP contribution < -0.4 is 5.56 Å². The largest absolute Gasteiger partial charge is 0.430 e. The van der Waals surface area contributed by atoms with E-state index in [1.165, 1.54) is 15.9 Å². The van der Waals surface area contributed by atoms with Crippen molar-refractivity contribution >= 4 is 21.6 Å². The quantitative estimate of drug-likeness (QED) is 0.235. The highest BCUT2D eigenvalue weighted by Crippen LogP contribution is 2.50. The zero-order chi connectivity index (χ0) is 28.0. The molecule has 5 rings (SSSR count). The number of fused-ring (bicyclic) bond motifs is 1. The maximum Gasteiger partial charge on any atom is 0.430 e. The Labute approximate surface area is 221 Å². The summed E-state index contributed by atoms with van der Waals surface area (Å²) in [6.07, 6.45) is -11.9. The summed E-state index contributed by atoms with van der Waals surface area (Å²) in [5.74, 6) is 0.241. The van der Waals surface area contributed by atoms with Crippen molar-refractivity contribution in [3.8, 4) is 16.1 Å². The van der Waals surface area contributed by atoms with E-state index in [0.29, 0.717) is 17.6 Å². The molecule has 0 aliphatic carbocycles. The van der Waals surface area contributed by atoms with Crippen LogP contribution in [-0.2, 0) is 12.0 Å². The number of thiophene rings is 1. The van der Waals surface area contributed by atoms with Gasteiger partial charge in [-0.1, -0.05) is 72.8 Å². The second-order valence-corrected chi connectivity index (χ2v) is 9.83. The Morgan fingerprint density at radius 3 is 1.92 bits per heavy atom. The number of rotatable bonds is 5. The van der Waals surface area contributed by atoms with Gasteiger partial charge in [-0.05, 0) is 29.3 Å². The normalized spacial score (nSPS) is 12.7. The average molecular weight is 561 g/mol. The van der Waals surface area contributed by atoms with Crippen molar-refractivity contribution in [1.29, 1.82) is 0 Å². The predicted molar refractivity (Wildman–Crippen MR) is 136 cm³/mol. The van der Waals surface area contributed by atoms with Crippen LogP contribution in [0, 0.1) is 0 Å². The first-order valence-corrected chi connectivity index (χ1v) is 12.3. The minimum Gasteiger partial charge on any atom is -0.369 e. The molecule has 2 aromatic heterocycles. The predicted octanol–water partition coefficient (Wildman–Crippen LogP) is 7.02. The Hall–Kier alpha value is -3.96. The lowest BCUT2D eigenvalue weighted by Gasteiger charge is -2.32. The van der Waals surface area contributed by atoms with Crippen LogP contribution in [0.5, 0.6) is 0 Å². The Morgan fingerprint density at radius 1 is 0.795 bits per heavy atom. The third kappa shape index (κ3) is 4.72. The summed E-state index contributed by atoms with van der Waals surface area (Å²) < 4.78 is 81.6. The van der Waals surface area contributed by atoms with E-state index in [0.717, 1.165) is 28.1 Å². The molecule has 0 aliphatic rings. The zero-order valence-corrected chi connectivity index (χ0v) is 20.6. The summed E-state index contributed by atoms with van der Waals surface area (Å²) in [5, 5.41) is 9.74. The van der Waals surface area contributed by atoms with Crippen molar-refractivity contribution in [2.45, 2.75) is 24.4 Å². The highest BCUT2D eigenvalue weighted by atomic mass is 32.1. The van der Waals surface area contributed by atoms with Gasteiger partial charge in [-0.15, -0.1) is 11.3 Å². The molecule has 200 valence electrons. The first-order valence-electron chi connectivity index (χ1n) is 11.5. The number of halogens is 6. The molecule has 39 heavy (non-hydrogen) atoms. The van der Waals surface area contributed by atoms with Gasteiger partial charge < -0.3 is 5.11 Å². The molecule has 0 bridgehead atoms. The first kappa shape index (κ1) is 26.6. The fourth-order valence-corrected chi connectivity index (χ4v) is 5.31. The Balaban J connectivity index is 1.68. The molecule has 1 N–H and O–H groups in total. The van der Waals surface area contributed by atoms with Crippen LogP contribution in [-0.4, -0.2) is 27.0 Å². The van der Waals surface area contributed by atoms with Gasteiger partial charge in [0.15, 0.2) is 0 Å². The van der Waals surface area contributed by atoms with Crippen molar-refractivity contribution in [1.82, 2.24) is 9.55 Å². The standard InChI is InChI=1S/C28H18F6N2O2S/c29-27(30,31)26(38,28(32,33)34)19-11-13-20(14-12-19)36-23(15-17-7-3-1-4-8-17)35-21-16-22(39-24(21)25(36)37)18-9-5-2-6-10-18/h1-14,16,38H,15H2. The van der Waals surface area contributed by atoms with Crippen LogP contribution in [0.1, 0.15) is 17.0 Å². The molecule has 5 aromatic rings. The van der Waals surface area contributed by atoms with Crippen molar-refractivity contribution in [3.05, 3.63) is 118 Å². The summed E-state index contributed by atoms with van der Waals surface area (Å²) in [6, 6.07) is 23.0. The van der Waals surface area contributed by atoms with Crippen molar-refractivity contribution in [3.63, 3.8) is 0 Å². The third-order valence-electron chi connectivity index (χ3n) is 6.24. The molecule has 2 heterocycles. The molecule has 11 heteroatoms. The summed E-state index contributed by atoms with van der Waals surface area (Å²) in [4.78, 5) is 19.1. The minimum atomic E-state index is -6.02. The fraction of sp³-hybridized carbons (Fsp3) is 0.143. The Bertz CT molecular complexity index is 1660. The van der Waals surface area contributed by atoms with E-state index >= 15 is 0 Å². The van der Waals surface area contributed by atoms with Crippen molar-refractivity contribution < 1.29 is 31.4 Å². The number of aromatic nitrogens is 2. The molecule has 0 atom stereocenters. The van der Waals surface area contributed by atoms with Gasteiger partial charge in [0.25, 0.3) is 11.2 Å². The maximum atomic E-state index is 13.7. The number of nitrogens with zero attached hydrogens (tertiary/aromatic N) is 2. The van der Waals surface area contributed by atoms with E-state index in [2.05, 4.69) is 4.98 Å². The lowest BCUT2D eigenvalue weighted by atomic mass is 9.92. The smallest absolute Gasteiger partial charge is 0.369 e. The van der Waals surface area contributed by atoms with Gasteiger partial charge in [-0.25, -0.2) is 4.98 Å². The van der Waals surface area contributed by atoms with Crippen molar-refractivity contribution in [2.24, 2.45) is 0 Å². The summed E-state index contributed by atoms with van der Waals surface area (Å²) in [6.45, 7) is 0. The molecule has 0 radical (unpaired) electrons. The number of alkyl halides is 6. The molecule has 0 amide bonds. The van der Waals surface area contributed by atoms with Crippen LogP contribution in [0.2, 0.25) is 0 Å². The monoisotopic (exact) mass is 560 g/mol. The second kappa shape index (κ2) is 9.65. The average Bonchev–Trinajstić information content (AvgIpc) is 3.33. The van der Waals surface area contributed by atoms with Gasteiger partial charge in [0.1, 0.15) is 10.5 Å². The van der Waals surface area contributed by atoms with Crippen LogP contribution in [0.4, 0.5) is 26.3 Å². The topological polar surface area (TPSA) is 55.1 Å². The van der Waals surface area contributed by atoms with Crippen LogP contribution >= 0.6 is 11.3 Å². The van der Waals surface area contributed by atoms with Crippen molar-refractivity contribution in [2.75, 3.05) is 0 Å². The second-order valence-electron chi connectivity index (χ2n) is 8.77. The highest BCUT2D eigenvalue weighted by Gasteiger charge is 2.71. The summed E-state index contributed by atoms with van der Waals surface area (Å²) in [5.41, 5.74) is -4.93. The Morgan fingerprint density at radius 2 is 1.36 bits per heavy atom. The molecule has 0 saturated heterocycles. The highest BCUT2D eigenvalue weighted by molar-refractivity contribution is 7.22. The SMILES string of the molecule is O=c1c2sc(-c3ccccc3)cc2nc(Cc2ccccc2)n1-c1ccc(C(O)(C(F)(F)F)C(F)(F)F)cc1. The Kier molecular flexibility index (Phi) is 6.59. The van der Waals surface area contributed by atoms with Crippen LogP contribution in [0.25, 0.3) is 26.3 Å². The molecule has 0 spiro atoms. The number of aliphatic hydroxyl groups is 1. The lowest BCUT2D eigenvalue weighted by Crippen LogP contribution is -2.53. The van der Waals surface area contributed by atoms with Gasteiger partial charge in [0, 0.05) is 16.9 Å². The lowest BCUT2D eigenvalue weighted by molar-refractivity contribution is -0.376. The molecule has 0 unspecified atom stereocenters. The van der Waals surface area contributed by atoms with Gasteiger partial charge in [-0.2, -0.15) is 26.3 Å². The first-order chi connectivity index (χ1) is 18.4. The van der Waals surface area contributed by atoms with Crippen LogP contribution in [0.3, 0.4) is 0 Å². The molecule has 4 nitrogen and oxygen atoms in total. The number of benzene rings is 3. The molecule has 0 saturated carbocycles. The fourth-order valence-electron chi connectivity index (χ4n) is 4.27. The summed E-state index contributed by atoms with van der Waals surface area (Å²) in [7, 11) is 0. The van der Waals surface area contributed by atoms with Crippen LogP contribution in [0.15, 0.2) is 95.8 Å². The van der Waals surface area contributed by atoms with E-state index in [1.807, 2.05) is 30.3 Å². The van der Waals surface area contributed by atoms with Gasteiger partial charge in [-0.3, -0.25) is 9.36 Å². The molecular formula is C28H18F6N2O2S. The molecule has 0 fully saturated rings. The molecular weight excluding hydrogens is 542 g/mol. The maximum absolute atomic E-state index is 13.7. The molecule has 0 aliphatic heterocycles. The minimum absolute atomic E-state index is 0.00504. The third-order valence-corrected chi connectivity index (χ3v) is 7.41.